The van der Waals surface area contributed by atoms with Crippen LogP contribution in [0, 0.1) is 5.92 Å². The van der Waals surface area contributed by atoms with Crippen molar-refractivity contribution in [1.82, 2.24) is 4.90 Å². The van der Waals surface area contributed by atoms with Gasteiger partial charge >= 0.3 is 0 Å². The molecule has 2 heterocycles. The molecular weight excluding hydrogens is 180 g/mol. The number of hydrogen-bond donors (Lipinski definition) is 1. The van der Waals surface area contributed by atoms with Gasteiger partial charge in [0.15, 0.2) is 0 Å². The fourth-order valence-corrected chi connectivity index (χ4v) is 3.16. The monoisotopic (exact) mass is 200 g/mol. The maximum absolute atomic E-state index is 5.73. The molecule has 0 spiro atoms. The number of likely N-dealkylation sites (tertiary alicyclic amines) is 1. The van der Waals surface area contributed by atoms with Crippen LogP contribution in [0.2, 0.25) is 0 Å². The minimum atomic E-state index is 0.702. The standard InChI is InChI=1S/C10H20N2S/c11-6-10-2-1-4-12(10)5-3-9-7-13-8-9/h9-10H,1-8,11H2. The Balaban J connectivity index is 1.67. The lowest BCUT2D eigenvalue weighted by Gasteiger charge is -2.29. The third-order valence-corrected chi connectivity index (χ3v) is 4.72. The van der Waals surface area contributed by atoms with Crippen LogP contribution in [0.15, 0.2) is 0 Å². The van der Waals surface area contributed by atoms with Crippen molar-refractivity contribution < 1.29 is 0 Å². The molecule has 2 nitrogen and oxygen atoms in total. The molecule has 1 atom stereocenters. The van der Waals surface area contributed by atoms with E-state index in [1.54, 1.807) is 0 Å². The van der Waals surface area contributed by atoms with E-state index in [-0.39, 0.29) is 0 Å². The van der Waals surface area contributed by atoms with Crippen molar-refractivity contribution in [3.63, 3.8) is 0 Å². The highest BCUT2D eigenvalue weighted by Crippen LogP contribution is 2.28. The molecule has 2 N–H and O–H groups in total. The lowest BCUT2D eigenvalue weighted by Crippen LogP contribution is -2.37. The van der Waals surface area contributed by atoms with Gasteiger partial charge < -0.3 is 5.73 Å². The van der Waals surface area contributed by atoms with Crippen LogP contribution in [0.1, 0.15) is 19.3 Å². The molecule has 0 amide bonds. The van der Waals surface area contributed by atoms with Gasteiger partial charge in [-0.2, -0.15) is 11.8 Å². The average molecular weight is 200 g/mol. The first-order valence-corrected chi connectivity index (χ1v) is 6.57. The van der Waals surface area contributed by atoms with Crippen LogP contribution in [0.4, 0.5) is 0 Å². The number of thioether (sulfide) groups is 1. The van der Waals surface area contributed by atoms with Gasteiger partial charge in [-0.3, -0.25) is 4.90 Å². The van der Waals surface area contributed by atoms with Crippen molar-refractivity contribution in [1.29, 1.82) is 0 Å². The zero-order valence-electron chi connectivity index (χ0n) is 8.24. The Labute approximate surface area is 85.2 Å². The fourth-order valence-electron chi connectivity index (χ4n) is 2.26. The molecule has 2 fully saturated rings. The van der Waals surface area contributed by atoms with Gasteiger partial charge in [0.1, 0.15) is 0 Å². The largest absolute Gasteiger partial charge is 0.329 e. The van der Waals surface area contributed by atoms with Crippen molar-refractivity contribution in [3.8, 4) is 0 Å². The summed E-state index contributed by atoms with van der Waals surface area (Å²) in [6.07, 6.45) is 4.10. The molecule has 1 unspecified atom stereocenters. The second-order valence-electron chi connectivity index (χ2n) is 4.26. The molecule has 0 radical (unpaired) electrons. The van der Waals surface area contributed by atoms with Gasteiger partial charge in [-0.25, -0.2) is 0 Å². The second kappa shape index (κ2) is 4.67. The molecule has 2 aliphatic heterocycles. The minimum Gasteiger partial charge on any atom is -0.329 e. The molecule has 0 bridgehead atoms. The highest BCUT2D eigenvalue weighted by atomic mass is 32.2. The molecule has 76 valence electrons. The predicted molar refractivity (Wildman–Crippen MR) is 59.1 cm³/mol. The highest BCUT2D eigenvalue weighted by molar-refractivity contribution is 8.00. The Kier molecular flexibility index (Phi) is 3.52. The molecule has 13 heavy (non-hydrogen) atoms. The average Bonchev–Trinajstić information content (AvgIpc) is 2.49. The summed E-state index contributed by atoms with van der Waals surface area (Å²) in [5.74, 6) is 3.83. The topological polar surface area (TPSA) is 29.3 Å². The molecule has 2 aliphatic rings. The minimum absolute atomic E-state index is 0.702. The number of hydrogen-bond acceptors (Lipinski definition) is 3. The number of rotatable bonds is 4. The summed E-state index contributed by atoms with van der Waals surface area (Å²) < 4.78 is 0. The van der Waals surface area contributed by atoms with E-state index in [1.807, 2.05) is 0 Å². The maximum Gasteiger partial charge on any atom is 0.0218 e. The van der Waals surface area contributed by atoms with Gasteiger partial charge in [0.2, 0.25) is 0 Å². The lowest BCUT2D eigenvalue weighted by atomic mass is 10.1. The first-order valence-electron chi connectivity index (χ1n) is 5.42. The third-order valence-electron chi connectivity index (χ3n) is 3.30. The van der Waals surface area contributed by atoms with Gasteiger partial charge in [-0.1, -0.05) is 0 Å². The van der Waals surface area contributed by atoms with E-state index in [9.17, 15) is 0 Å². The molecule has 2 saturated heterocycles. The van der Waals surface area contributed by atoms with Crippen molar-refractivity contribution in [2.45, 2.75) is 25.3 Å². The van der Waals surface area contributed by atoms with E-state index < -0.39 is 0 Å². The van der Waals surface area contributed by atoms with Crippen LogP contribution in [0.25, 0.3) is 0 Å². The Morgan fingerprint density at radius 2 is 2.23 bits per heavy atom. The molecule has 0 saturated carbocycles. The van der Waals surface area contributed by atoms with Crippen molar-refractivity contribution >= 4 is 11.8 Å². The van der Waals surface area contributed by atoms with Crippen LogP contribution in [0.5, 0.6) is 0 Å². The molecule has 0 aliphatic carbocycles. The number of nitrogens with zero attached hydrogens (tertiary/aromatic N) is 1. The summed E-state index contributed by atoms with van der Waals surface area (Å²) >= 11 is 2.09. The molecular formula is C10H20N2S. The fraction of sp³-hybridized carbons (Fsp3) is 1.00. The summed E-state index contributed by atoms with van der Waals surface area (Å²) in [5.41, 5.74) is 5.73. The van der Waals surface area contributed by atoms with Crippen molar-refractivity contribution in [2.24, 2.45) is 11.7 Å². The molecule has 3 heteroatoms. The predicted octanol–water partition coefficient (Wildman–Crippen LogP) is 1.16. The first kappa shape index (κ1) is 9.81. The summed E-state index contributed by atoms with van der Waals surface area (Å²) in [5, 5.41) is 0. The zero-order valence-corrected chi connectivity index (χ0v) is 9.06. The van der Waals surface area contributed by atoms with Gasteiger partial charge in [-0.05, 0) is 49.8 Å². The number of nitrogens with two attached hydrogens (primary N) is 1. The van der Waals surface area contributed by atoms with Crippen LogP contribution in [-0.4, -0.2) is 42.1 Å². The van der Waals surface area contributed by atoms with Crippen LogP contribution >= 0.6 is 11.8 Å². The summed E-state index contributed by atoms with van der Waals surface area (Å²) in [6.45, 7) is 3.45. The Morgan fingerprint density at radius 1 is 1.38 bits per heavy atom. The van der Waals surface area contributed by atoms with Crippen LogP contribution < -0.4 is 5.73 Å². The Morgan fingerprint density at radius 3 is 2.85 bits per heavy atom. The van der Waals surface area contributed by atoms with E-state index in [1.165, 1.54) is 43.9 Å². The Bertz CT molecular complexity index is 159. The molecule has 0 aromatic heterocycles. The summed E-state index contributed by atoms with van der Waals surface area (Å²) in [4.78, 5) is 2.60. The lowest BCUT2D eigenvalue weighted by molar-refractivity contribution is 0.243. The van der Waals surface area contributed by atoms with E-state index in [4.69, 9.17) is 5.73 Å². The van der Waals surface area contributed by atoms with Crippen LogP contribution in [0.3, 0.4) is 0 Å². The van der Waals surface area contributed by atoms with E-state index in [0.29, 0.717) is 6.04 Å². The quantitative estimate of drug-likeness (QED) is 0.738. The van der Waals surface area contributed by atoms with Crippen LogP contribution in [-0.2, 0) is 0 Å². The van der Waals surface area contributed by atoms with Gasteiger partial charge in [-0.15, -0.1) is 0 Å². The second-order valence-corrected chi connectivity index (χ2v) is 5.33. The molecule has 0 aromatic rings. The Hall–Kier alpha value is 0.270. The highest BCUT2D eigenvalue weighted by Gasteiger charge is 2.25. The van der Waals surface area contributed by atoms with E-state index in [0.717, 1.165) is 12.5 Å². The van der Waals surface area contributed by atoms with E-state index in [2.05, 4.69) is 16.7 Å². The normalized spacial score (nSPS) is 30.7. The smallest absolute Gasteiger partial charge is 0.0218 e. The molecule has 2 rings (SSSR count). The molecule has 0 aromatic carbocycles. The van der Waals surface area contributed by atoms with E-state index >= 15 is 0 Å². The maximum atomic E-state index is 5.73. The van der Waals surface area contributed by atoms with Crippen molar-refractivity contribution in [3.05, 3.63) is 0 Å². The van der Waals surface area contributed by atoms with Gasteiger partial charge in [0.25, 0.3) is 0 Å². The third kappa shape index (κ3) is 2.39. The first-order chi connectivity index (χ1) is 6.40. The summed E-state index contributed by atoms with van der Waals surface area (Å²) in [7, 11) is 0. The SMILES string of the molecule is NCC1CCCN1CCC1CSC1. The zero-order chi connectivity index (χ0) is 9.10. The van der Waals surface area contributed by atoms with Gasteiger partial charge in [0.05, 0.1) is 0 Å². The summed E-state index contributed by atoms with van der Waals surface area (Å²) in [6, 6.07) is 0.702. The van der Waals surface area contributed by atoms with Crippen molar-refractivity contribution in [2.75, 3.05) is 31.1 Å². The van der Waals surface area contributed by atoms with Gasteiger partial charge in [0, 0.05) is 12.6 Å².